The molecule has 0 bridgehead atoms. The zero-order valence-electron chi connectivity index (χ0n) is 19.2. The third-order valence-corrected chi connectivity index (χ3v) is 4.91. The van der Waals surface area contributed by atoms with Crippen LogP contribution in [0.5, 0.6) is 11.5 Å². The number of hydrogen-bond acceptors (Lipinski definition) is 4. The van der Waals surface area contributed by atoms with Crippen LogP contribution in [0, 0.1) is 0 Å². The first-order chi connectivity index (χ1) is 15.7. The number of imidazole rings is 1. The van der Waals surface area contributed by atoms with Crippen LogP contribution in [0.2, 0.25) is 0 Å². The molecule has 1 heterocycles. The van der Waals surface area contributed by atoms with Crippen molar-refractivity contribution in [2.45, 2.75) is 33.4 Å². The van der Waals surface area contributed by atoms with Crippen LogP contribution in [0.3, 0.4) is 0 Å². The Kier molecular flexibility index (Phi) is 8.98. The molecule has 2 aromatic carbocycles. The molecule has 0 radical (unpaired) electrons. The van der Waals surface area contributed by atoms with Crippen LogP contribution in [-0.2, 0) is 19.5 Å². The van der Waals surface area contributed by atoms with Crippen molar-refractivity contribution in [1.29, 1.82) is 0 Å². The van der Waals surface area contributed by atoms with Gasteiger partial charge in [-0.1, -0.05) is 30.3 Å². The minimum absolute atomic E-state index is 0.613. The first kappa shape index (κ1) is 23.2. The van der Waals surface area contributed by atoms with Gasteiger partial charge in [-0.05, 0) is 49.1 Å². The predicted octanol–water partition coefficient (Wildman–Crippen LogP) is 3.64. The van der Waals surface area contributed by atoms with Gasteiger partial charge in [0.15, 0.2) is 17.5 Å². The molecule has 1 aromatic heterocycles. The fourth-order valence-corrected chi connectivity index (χ4v) is 3.41. The van der Waals surface area contributed by atoms with Crippen LogP contribution in [0.25, 0.3) is 0 Å². The predicted molar refractivity (Wildman–Crippen MR) is 128 cm³/mol. The third kappa shape index (κ3) is 7.04. The number of aromatic nitrogens is 2. The number of nitrogens with zero attached hydrogens (tertiary/aromatic N) is 3. The first-order valence-electron chi connectivity index (χ1n) is 11.1. The summed E-state index contributed by atoms with van der Waals surface area (Å²) in [6.45, 7) is 7.47. The molecule has 0 amide bonds. The molecule has 7 heteroatoms. The molecule has 0 unspecified atom stereocenters. The Morgan fingerprint density at radius 1 is 0.969 bits per heavy atom. The Morgan fingerprint density at radius 3 is 2.53 bits per heavy atom. The number of aliphatic imine (C=N–C) groups is 1. The molecular weight excluding hydrogens is 402 g/mol. The molecule has 0 aliphatic heterocycles. The summed E-state index contributed by atoms with van der Waals surface area (Å²) in [4.78, 5) is 8.44. The van der Waals surface area contributed by atoms with E-state index in [1.165, 1.54) is 16.7 Å². The molecule has 0 aliphatic carbocycles. The molecule has 0 atom stereocenters. The topological polar surface area (TPSA) is 72.7 Å². The van der Waals surface area contributed by atoms with Gasteiger partial charge in [-0.25, -0.2) is 4.98 Å². The van der Waals surface area contributed by atoms with Crippen molar-refractivity contribution < 1.29 is 9.47 Å². The highest BCUT2D eigenvalue weighted by Crippen LogP contribution is 2.28. The molecule has 0 saturated carbocycles. The largest absolute Gasteiger partial charge is 0.490 e. The Balaban J connectivity index is 1.49. The van der Waals surface area contributed by atoms with Gasteiger partial charge in [-0.3, -0.25) is 4.99 Å². The molecule has 0 saturated heterocycles. The lowest BCUT2D eigenvalue weighted by Gasteiger charge is -2.14. The van der Waals surface area contributed by atoms with Crippen molar-refractivity contribution >= 4 is 5.96 Å². The summed E-state index contributed by atoms with van der Waals surface area (Å²) in [5.41, 5.74) is 3.64. The van der Waals surface area contributed by atoms with E-state index < -0.39 is 0 Å². The summed E-state index contributed by atoms with van der Waals surface area (Å²) in [5.74, 6) is 2.37. The van der Waals surface area contributed by atoms with Gasteiger partial charge in [0.1, 0.15) is 0 Å². The van der Waals surface area contributed by atoms with E-state index in [1.807, 2.05) is 32.4 Å². The zero-order valence-corrected chi connectivity index (χ0v) is 19.2. The van der Waals surface area contributed by atoms with E-state index in [0.717, 1.165) is 37.0 Å². The van der Waals surface area contributed by atoms with Gasteiger partial charge in [0.2, 0.25) is 0 Å². The van der Waals surface area contributed by atoms with Crippen molar-refractivity contribution in [3.05, 3.63) is 77.9 Å². The van der Waals surface area contributed by atoms with Gasteiger partial charge >= 0.3 is 0 Å². The third-order valence-electron chi connectivity index (χ3n) is 4.91. The molecular formula is C25H33N5O2. The fraction of sp³-hybridized carbons (Fsp3) is 0.360. The van der Waals surface area contributed by atoms with Gasteiger partial charge in [-0.15, -0.1) is 0 Å². The average molecular weight is 436 g/mol. The van der Waals surface area contributed by atoms with Crippen LogP contribution in [0.4, 0.5) is 0 Å². The normalized spacial score (nSPS) is 11.3. The Labute approximate surface area is 190 Å². The Morgan fingerprint density at radius 2 is 1.78 bits per heavy atom. The van der Waals surface area contributed by atoms with E-state index in [4.69, 9.17) is 9.47 Å². The van der Waals surface area contributed by atoms with Gasteiger partial charge in [-0.2, -0.15) is 0 Å². The molecule has 7 nitrogen and oxygen atoms in total. The van der Waals surface area contributed by atoms with Gasteiger partial charge in [0.05, 0.1) is 19.5 Å². The van der Waals surface area contributed by atoms with E-state index in [1.54, 1.807) is 13.2 Å². The molecule has 0 fully saturated rings. The van der Waals surface area contributed by atoms with Crippen molar-refractivity contribution in [2.24, 2.45) is 4.99 Å². The standard InChI is InChI=1S/C25H33N5O2/c1-4-31-23-10-9-20(16-24(23)32-5-2)11-12-28-25(26-3)29-17-21-7-6-8-22(15-21)18-30-14-13-27-19-30/h6-10,13-16,19H,4-5,11-12,17-18H2,1-3H3,(H2,26,28,29). The average Bonchev–Trinajstić information content (AvgIpc) is 3.31. The Hall–Kier alpha value is -3.48. The highest BCUT2D eigenvalue weighted by atomic mass is 16.5. The van der Waals surface area contributed by atoms with Gasteiger partial charge < -0.3 is 24.7 Å². The number of guanidine groups is 1. The lowest BCUT2D eigenvalue weighted by Crippen LogP contribution is -2.37. The number of hydrogen-bond donors (Lipinski definition) is 2. The van der Waals surface area contributed by atoms with Gasteiger partial charge in [0.25, 0.3) is 0 Å². The molecule has 0 aliphatic rings. The molecule has 32 heavy (non-hydrogen) atoms. The van der Waals surface area contributed by atoms with Crippen LogP contribution in [0.1, 0.15) is 30.5 Å². The lowest BCUT2D eigenvalue weighted by molar-refractivity contribution is 0.287. The van der Waals surface area contributed by atoms with Crippen LogP contribution >= 0.6 is 0 Å². The SMILES string of the molecule is CCOc1ccc(CCNC(=NC)NCc2cccc(Cn3ccnc3)c2)cc1OCC. The maximum Gasteiger partial charge on any atom is 0.191 e. The van der Waals surface area contributed by atoms with Crippen molar-refractivity contribution in [2.75, 3.05) is 26.8 Å². The van der Waals surface area contributed by atoms with Crippen LogP contribution in [-0.4, -0.2) is 42.3 Å². The molecule has 0 spiro atoms. The van der Waals surface area contributed by atoms with Crippen LogP contribution in [0.15, 0.2) is 66.2 Å². The fourth-order valence-electron chi connectivity index (χ4n) is 3.41. The highest BCUT2D eigenvalue weighted by Gasteiger charge is 2.07. The van der Waals surface area contributed by atoms with E-state index in [2.05, 4.69) is 61.6 Å². The number of benzene rings is 2. The van der Waals surface area contributed by atoms with E-state index >= 15 is 0 Å². The quantitative estimate of drug-likeness (QED) is 0.355. The minimum atomic E-state index is 0.613. The van der Waals surface area contributed by atoms with Crippen molar-refractivity contribution in [3.63, 3.8) is 0 Å². The van der Waals surface area contributed by atoms with E-state index in [0.29, 0.717) is 19.8 Å². The van der Waals surface area contributed by atoms with Gasteiger partial charge in [0, 0.05) is 39.1 Å². The van der Waals surface area contributed by atoms with Crippen molar-refractivity contribution in [1.82, 2.24) is 20.2 Å². The molecule has 3 rings (SSSR count). The van der Waals surface area contributed by atoms with Crippen molar-refractivity contribution in [3.8, 4) is 11.5 Å². The van der Waals surface area contributed by atoms with E-state index in [-0.39, 0.29) is 0 Å². The number of ether oxygens (including phenoxy) is 2. The van der Waals surface area contributed by atoms with Crippen LogP contribution < -0.4 is 20.1 Å². The summed E-state index contributed by atoms with van der Waals surface area (Å²) in [6.07, 6.45) is 6.45. The maximum atomic E-state index is 5.72. The molecule has 3 aromatic rings. The lowest BCUT2D eigenvalue weighted by atomic mass is 10.1. The minimum Gasteiger partial charge on any atom is -0.490 e. The second-order valence-corrected chi connectivity index (χ2v) is 7.30. The number of rotatable bonds is 11. The Bertz CT molecular complexity index is 986. The molecule has 2 N–H and O–H groups in total. The second-order valence-electron chi connectivity index (χ2n) is 7.30. The zero-order chi connectivity index (χ0) is 22.6. The summed E-state index contributed by atoms with van der Waals surface area (Å²) < 4.78 is 13.4. The highest BCUT2D eigenvalue weighted by molar-refractivity contribution is 5.79. The molecule has 170 valence electrons. The maximum absolute atomic E-state index is 5.72. The first-order valence-corrected chi connectivity index (χ1v) is 11.1. The summed E-state index contributed by atoms with van der Waals surface area (Å²) in [7, 11) is 1.79. The number of nitrogens with one attached hydrogen (secondary N) is 2. The second kappa shape index (κ2) is 12.4. The summed E-state index contributed by atoms with van der Waals surface area (Å²) in [5, 5.41) is 6.78. The smallest absolute Gasteiger partial charge is 0.191 e. The van der Waals surface area contributed by atoms with E-state index in [9.17, 15) is 0 Å². The summed E-state index contributed by atoms with van der Waals surface area (Å²) in [6, 6.07) is 14.6. The monoisotopic (exact) mass is 435 g/mol. The summed E-state index contributed by atoms with van der Waals surface area (Å²) >= 11 is 0.